The molecule has 2 aromatic rings. The third-order valence-electron chi connectivity index (χ3n) is 9.04. The molecule has 3 heterocycles. The van der Waals surface area contributed by atoms with Crippen molar-refractivity contribution >= 4 is 23.0 Å². The highest BCUT2D eigenvalue weighted by atomic mass is 19.4. The molecule has 0 bridgehead atoms. The number of nitrogens with one attached hydrogen (secondary N) is 1. The summed E-state index contributed by atoms with van der Waals surface area (Å²) in [4.78, 5) is 19.7. The lowest BCUT2D eigenvalue weighted by molar-refractivity contribution is -0.138. The summed E-state index contributed by atoms with van der Waals surface area (Å²) in [6, 6.07) is 12.2. The van der Waals surface area contributed by atoms with Crippen LogP contribution in [0.2, 0.25) is 0 Å². The van der Waals surface area contributed by atoms with Gasteiger partial charge in [-0.2, -0.15) is 13.2 Å². The number of alkyl halides is 3. The lowest BCUT2D eigenvalue weighted by Crippen LogP contribution is -2.43. The molecule has 2 aromatic carbocycles. The topological polar surface area (TPSA) is 82.5 Å². The molecule has 0 saturated carbocycles. The highest BCUT2D eigenvalue weighted by Crippen LogP contribution is 2.38. The maximum Gasteiger partial charge on any atom is 0.418 e. The van der Waals surface area contributed by atoms with E-state index in [-0.39, 0.29) is 23.1 Å². The summed E-state index contributed by atoms with van der Waals surface area (Å²) in [5.74, 6) is 1.36. The highest BCUT2D eigenvalue weighted by molar-refractivity contribution is 5.76. The van der Waals surface area contributed by atoms with Gasteiger partial charge in [0.05, 0.1) is 5.56 Å². The fourth-order valence-electron chi connectivity index (χ4n) is 6.60. The number of benzene rings is 2. The zero-order valence-electron chi connectivity index (χ0n) is 24.6. The van der Waals surface area contributed by atoms with Crippen LogP contribution in [0.25, 0.3) is 0 Å². The molecule has 0 aromatic heterocycles. The Kier molecular flexibility index (Phi) is 8.65. The van der Waals surface area contributed by atoms with Crippen molar-refractivity contribution in [3.8, 4) is 0 Å². The van der Waals surface area contributed by atoms with E-state index in [0.717, 1.165) is 44.9 Å². The molecule has 3 aliphatic heterocycles. The summed E-state index contributed by atoms with van der Waals surface area (Å²) >= 11 is 0. The van der Waals surface area contributed by atoms with Gasteiger partial charge in [-0.15, -0.1) is 5.23 Å². The third kappa shape index (κ3) is 6.95. The van der Waals surface area contributed by atoms with Gasteiger partial charge in [-0.05, 0) is 66.0 Å². The number of halogens is 3. The van der Waals surface area contributed by atoms with E-state index in [1.807, 2.05) is 4.90 Å². The van der Waals surface area contributed by atoms with E-state index in [1.54, 1.807) is 0 Å². The molecule has 3 saturated heterocycles. The van der Waals surface area contributed by atoms with Crippen LogP contribution in [0, 0.1) is 11.8 Å². The summed E-state index contributed by atoms with van der Waals surface area (Å²) < 4.78 is 40.1. The Morgan fingerprint density at radius 1 is 0.952 bits per heavy atom. The second kappa shape index (κ2) is 11.9. The molecule has 1 amide bonds. The number of amides is 1. The van der Waals surface area contributed by atoms with Gasteiger partial charge in [0, 0.05) is 69.7 Å². The Labute approximate surface area is 245 Å². The van der Waals surface area contributed by atoms with E-state index in [1.165, 1.54) is 17.3 Å². The quantitative estimate of drug-likeness (QED) is 0.371. The van der Waals surface area contributed by atoms with E-state index in [2.05, 4.69) is 60.2 Å². The minimum absolute atomic E-state index is 0.0779. The van der Waals surface area contributed by atoms with Gasteiger partial charge in [0.15, 0.2) is 0 Å². The fourth-order valence-corrected chi connectivity index (χ4v) is 6.60. The first-order valence-corrected chi connectivity index (χ1v) is 14.8. The van der Waals surface area contributed by atoms with Crippen molar-refractivity contribution in [2.45, 2.75) is 57.7 Å². The molecule has 230 valence electrons. The Bertz CT molecular complexity index is 1230. The minimum Gasteiger partial charge on any atom is -0.382 e. The number of likely N-dealkylation sites (tertiary alicyclic amines) is 2. The number of piperidine rings is 1. The number of carbonyl (C=O) groups is 1. The van der Waals surface area contributed by atoms with Gasteiger partial charge in [0.2, 0.25) is 5.91 Å². The number of hydrogen-bond donors (Lipinski definition) is 3. The van der Waals surface area contributed by atoms with Gasteiger partial charge in [-0.25, -0.2) is 0 Å². The van der Waals surface area contributed by atoms with Gasteiger partial charge >= 0.3 is 6.18 Å². The average molecular weight is 590 g/mol. The van der Waals surface area contributed by atoms with Crippen LogP contribution in [-0.2, 0) is 16.4 Å². The molecule has 3 fully saturated rings. The number of anilines is 3. The van der Waals surface area contributed by atoms with Crippen molar-refractivity contribution < 1.29 is 28.4 Å². The maximum absolute atomic E-state index is 13.4. The van der Waals surface area contributed by atoms with Crippen LogP contribution in [0.4, 0.5) is 30.2 Å². The zero-order valence-corrected chi connectivity index (χ0v) is 24.6. The van der Waals surface area contributed by atoms with Gasteiger partial charge < -0.3 is 20.0 Å². The van der Waals surface area contributed by atoms with Crippen LogP contribution >= 0.6 is 0 Å². The number of nitrogens with zero attached hydrogens (tertiary/aromatic N) is 4. The number of fused-ring (bicyclic) bond motifs is 1. The predicted molar refractivity (Wildman–Crippen MR) is 156 cm³/mol. The van der Waals surface area contributed by atoms with Gasteiger partial charge in [-0.1, -0.05) is 32.9 Å². The average Bonchev–Trinajstić information content (AvgIpc) is 3.50. The van der Waals surface area contributed by atoms with Gasteiger partial charge in [-0.3, -0.25) is 15.2 Å². The van der Waals surface area contributed by atoms with Crippen LogP contribution in [0.1, 0.15) is 51.2 Å². The van der Waals surface area contributed by atoms with Crippen molar-refractivity contribution in [2.24, 2.45) is 11.8 Å². The minimum atomic E-state index is -4.74. The van der Waals surface area contributed by atoms with Crippen molar-refractivity contribution in [1.29, 1.82) is 0 Å². The Hall–Kier alpha value is -3.02. The van der Waals surface area contributed by atoms with Crippen LogP contribution < -0.4 is 15.4 Å². The fraction of sp³-hybridized carbons (Fsp3) is 0.581. The molecule has 42 heavy (non-hydrogen) atoms. The van der Waals surface area contributed by atoms with Crippen molar-refractivity contribution in [2.75, 3.05) is 61.3 Å². The summed E-state index contributed by atoms with van der Waals surface area (Å²) in [5, 5.41) is 20.8. The number of hydrogen-bond acceptors (Lipinski definition) is 7. The summed E-state index contributed by atoms with van der Waals surface area (Å²) in [6.07, 6.45) is -3.01. The normalized spacial score (nSPS) is 22.0. The molecule has 11 heteroatoms. The summed E-state index contributed by atoms with van der Waals surface area (Å²) in [5.41, 5.74) is 1.15. The van der Waals surface area contributed by atoms with E-state index in [9.17, 15) is 18.0 Å². The molecule has 3 N–H and O–H groups in total. The number of carbonyl (C=O) groups excluding carboxylic acids is 1. The van der Waals surface area contributed by atoms with E-state index in [4.69, 9.17) is 10.4 Å². The van der Waals surface area contributed by atoms with E-state index < -0.39 is 22.7 Å². The van der Waals surface area contributed by atoms with Crippen molar-refractivity contribution in [3.05, 3.63) is 53.6 Å². The zero-order chi connectivity index (χ0) is 30.2. The molecule has 3 aliphatic rings. The standard InChI is InChI=1S/C31H42F3N5O3/c1-30(2,3)23-4-7-26(8-5-23)38-19-21-17-36(18-22(21)20-38)13-12-29(40)37-14-10-24(11-15-37)35-25-6-9-28(39(41)42)27(16-25)31(32,33)34/h4-9,16,21-22,24,35,41-42H,10-15,17-20H2,1-3H3. The maximum atomic E-state index is 13.4. The SMILES string of the molecule is CC(C)(C)c1ccc(N2CC3CN(CCC(=O)N4CCC(Nc5ccc(N(O)O)c(C(F)(F)F)c5)CC4)CC3C2)cc1. The lowest BCUT2D eigenvalue weighted by Gasteiger charge is -2.33. The second-order valence-electron chi connectivity index (χ2n) is 13.1. The molecule has 5 rings (SSSR count). The molecule has 8 nitrogen and oxygen atoms in total. The first kappa shape index (κ1) is 30.4. The van der Waals surface area contributed by atoms with Crippen LogP contribution in [0.3, 0.4) is 0 Å². The van der Waals surface area contributed by atoms with Crippen molar-refractivity contribution in [1.82, 2.24) is 9.80 Å². The summed E-state index contributed by atoms with van der Waals surface area (Å²) in [7, 11) is 0. The van der Waals surface area contributed by atoms with Gasteiger partial charge in [0.1, 0.15) is 5.69 Å². The summed E-state index contributed by atoms with van der Waals surface area (Å²) in [6.45, 7) is 12.7. The molecule has 2 unspecified atom stereocenters. The molecular formula is C31H42F3N5O3. The van der Waals surface area contributed by atoms with Crippen molar-refractivity contribution in [3.63, 3.8) is 0 Å². The molecule has 2 atom stereocenters. The molecule has 0 radical (unpaired) electrons. The third-order valence-corrected chi connectivity index (χ3v) is 9.04. The van der Waals surface area contributed by atoms with Crippen LogP contribution in [0.5, 0.6) is 0 Å². The molecule has 0 aliphatic carbocycles. The Balaban J connectivity index is 1.04. The van der Waals surface area contributed by atoms with Crippen LogP contribution in [0.15, 0.2) is 42.5 Å². The van der Waals surface area contributed by atoms with E-state index >= 15 is 0 Å². The largest absolute Gasteiger partial charge is 0.418 e. The first-order chi connectivity index (χ1) is 19.8. The lowest BCUT2D eigenvalue weighted by atomic mass is 9.87. The number of rotatable bonds is 7. The second-order valence-corrected chi connectivity index (χ2v) is 13.1. The molecule has 0 spiro atoms. The van der Waals surface area contributed by atoms with E-state index in [0.29, 0.717) is 44.2 Å². The predicted octanol–water partition coefficient (Wildman–Crippen LogP) is 5.45. The molecular weight excluding hydrogens is 547 g/mol. The first-order valence-electron chi connectivity index (χ1n) is 14.8. The monoisotopic (exact) mass is 589 g/mol. The Morgan fingerprint density at radius 3 is 2.12 bits per heavy atom. The smallest absolute Gasteiger partial charge is 0.382 e. The highest BCUT2D eigenvalue weighted by Gasteiger charge is 2.40. The van der Waals surface area contributed by atoms with Crippen LogP contribution in [-0.4, -0.2) is 78.0 Å². The van der Waals surface area contributed by atoms with Gasteiger partial charge in [0.25, 0.3) is 0 Å². The Morgan fingerprint density at radius 2 is 1.57 bits per heavy atom.